The Hall–Kier alpha value is -3.72. The number of halogens is 1. The predicted molar refractivity (Wildman–Crippen MR) is 109 cm³/mol. The molecule has 0 aromatic carbocycles. The highest BCUT2D eigenvalue weighted by molar-refractivity contribution is 5.78. The zero-order valence-electron chi connectivity index (χ0n) is 16.6. The second-order valence-corrected chi connectivity index (χ2v) is 7.28. The zero-order chi connectivity index (χ0) is 21.2. The van der Waals surface area contributed by atoms with E-state index < -0.39 is 11.9 Å². The molecule has 1 aliphatic heterocycles. The van der Waals surface area contributed by atoms with Gasteiger partial charge in [-0.1, -0.05) is 6.07 Å². The van der Waals surface area contributed by atoms with Crippen molar-refractivity contribution in [2.75, 3.05) is 19.7 Å². The summed E-state index contributed by atoms with van der Waals surface area (Å²) in [6, 6.07) is 10.6. The molecule has 4 aromatic heterocycles. The van der Waals surface area contributed by atoms with Crippen LogP contribution in [0.2, 0.25) is 0 Å². The number of carbonyl (C=O) groups is 1. The van der Waals surface area contributed by atoms with E-state index in [2.05, 4.69) is 20.1 Å². The number of pyridine rings is 3. The Balaban J connectivity index is 1.32. The molecule has 1 saturated heterocycles. The van der Waals surface area contributed by atoms with E-state index in [1.54, 1.807) is 21.8 Å². The summed E-state index contributed by atoms with van der Waals surface area (Å²) >= 11 is 0. The number of morpholine rings is 1. The SMILES string of the molecule is O=C(Cc1ccc(F)cn1)N1CCO[C@@H](c2nc3ccc(-c4cccnc4)cn3n2)C1. The first-order valence-corrected chi connectivity index (χ1v) is 9.92. The molecular formula is C22H19FN6O2. The molecule has 0 bridgehead atoms. The van der Waals surface area contributed by atoms with Crippen LogP contribution in [0.4, 0.5) is 4.39 Å². The lowest BCUT2D eigenvalue weighted by Gasteiger charge is -2.31. The molecule has 0 radical (unpaired) electrons. The number of carbonyl (C=O) groups excluding carboxylic acids is 1. The average Bonchev–Trinajstić information content (AvgIpc) is 3.25. The molecule has 1 atom stereocenters. The van der Waals surface area contributed by atoms with Crippen molar-refractivity contribution >= 4 is 11.6 Å². The summed E-state index contributed by atoms with van der Waals surface area (Å²) in [6.45, 7) is 1.23. The molecular weight excluding hydrogens is 399 g/mol. The van der Waals surface area contributed by atoms with Crippen LogP contribution in [0, 0.1) is 5.82 Å². The largest absolute Gasteiger partial charge is 0.366 e. The number of hydrogen-bond donors (Lipinski definition) is 0. The van der Waals surface area contributed by atoms with Gasteiger partial charge in [-0.2, -0.15) is 0 Å². The first-order valence-electron chi connectivity index (χ1n) is 9.92. The fourth-order valence-electron chi connectivity index (χ4n) is 3.55. The molecule has 0 N–H and O–H groups in total. The summed E-state index contributed by atoms with van der Waals surface area (Å²) in [5.74, 6) is 0.0167. The Kier molecular flexibility index (Phi) is 5.09. The van der Waals surface area contributed by atoms with Crippen LogP contribution < -0.4 is 0 Å². The van der Waals surface area contributed by atoms with Crippen LogP contribution in [0.5, 0.6) is 0 Å². The number of aromatic nitrogens is 5. The number of hydrogen-bond acceptors (Lipinski definition) is 6. The van der Waals surface area contributed by atoms with E-state index in [4.69, 9.17) is 4.74 Å². The third-order valence-electron chi connectivity index (χ3n) is 5.17. The third kappa shape index (κ3) is 4.13. The van der Waals surface area contributed by atoms with Gasteiger partial charge in [-0.15, -0.1) is 5.10 Å². The van der Waals surface area contributed by atoms with Crippen molar-refractivity contribution in [1.82, 2.24) is 29.5 Å². The monoisotopic (exact) mass is 418 g/mol. The standard InChI is InChI=1S/C22H19FN6O2/c23-17-4-5-18(25-12-17)10-21(30)28-8-9-31-19(14-28)22-26-20-6-3-16(13-29(20)27-22)15-2-1-7-24-11-15/h1-7,11-13,19H,8-10,14H2/t19-/m1/s1. The Morgan fingerprint density at radius 2 is 2.10 bits per heavy atom. The van der Waals surface area contributed by atoms with Crippen LogP contribution >= 0.6 is 0 Å². The van der Waals surface area contributed by atoms with Gasteiger partial charge in [0.25, 0.3) is 0 Å². The van der Waals surface area contributed by atoms with Gasteiger partial charge < -0.3 is 9.64 Å². The fourth-order valence-corrected chi connectivity index (χ4v) is 3.55. The molecule has 0 spiro atoms. The Labute approximate surface area is 177 Å². The lowest BCUT2D eigenvalue weighted by molar-refractivity contribution is -0.138. The van der Waals surface area contributed by atoms with Crippen molar-refractivity contribution < 1.29 is 13.9 Å². The van der Waals surface area contributed by atoms with Gasteiger partial charge in [0.2, 0.25) is 5.91 Å². The molecule has 0 saturated carbocycles. The van der Waals surface area contributed by atoms with Crippen molar-refractivity contribution in [3.05, 3.63) is 78.5 Å². The summed E-state index contributed by atoms with van der Waals surface area (Å²) < 4.78 is 20.6. The topological polar surface area (TPSA) is 85.5 Å². The fraction of sp³-hybridized carbons (Fsp3) is 0.227. The van der Waals surface area contributed by atoms with Crippen LogP contribution in [0.15, 0.2) is 61.2 Å². The minimum absolute atomic E-state index is 0.0879. The third-order valence-corrected chi connectivity index (χ3v) is 5.17. The minimum Gasteiger partial charge on any atom is -0.366 e. The molecule has 0 unspecified atom stereocenters. The second kappa shape index (κ2) is 8.19. The van der Waals surface area contributed by atoms with E-state index in [1.165, 1.54) is 12.1 Å². The van der Waals surface area contributed by atoms with Crippen LogP contribution in [-0.4, -0.2) is 55.1 Å². The van der Waals surface area contributed by atoms with Gasteiger partial charge in [0.05, 0.1) is 25.8 Å². The average molecular weight is 418 g/mol. The van der Waals surface area contributed by atoms with Gasteiger partial charge in [-0.05, 0) is 30.3 Å². The van der Waals surface area contributed by atoms with Gasteiger partial charge >= 0.3 is 0 Å². The molecule has 4 aromatic rings. The van der Waals surface area contributed by atoms with Gasteiger partial charge in [-0.25, -0.2) is 13.9 Å². The number of rotatable bonds is 4. The molecule has 9 heteroatoms. The highest BCUT2D eigenvalue weighted by Gasteiger charge is 2.28. The highest BCUT2D eigenvalue weighted by atomic mass is 19.1. The van der Waals surface area contributed by atoms with Crippen molar-refractivity contribution in [2.24, 2.45) is 0 Å². The maximum Gasteiger partial charge on any atom is 0.228 e. The molecule has 5 rings (SSSR count). The second-order valence-electron chi connectivity index (χ2n) is 7.28. The molecule has 5 heterocycles. The smallest absolute Gasteiger partial charge is 0.228 e. The summed E-state index contributed by atoms with van der Waals surface area (Å²) in [5, 5.41) is 4.58. The predicted octanol–water partition coefficient (Wildman–Crippen LogP) is 2.47. The summed E-state index contributed by atoms with van der Waals surface area (Å²) in [5.41, 5.74) is 3.19. The normalized spacial score (nSPS) is 16.5. The molecule has 156 valence electrons. The summed E-state index contributed by atoms with van der Waals surface area (Å²) in [6.07, 6.45) is 6.23. The van der Waals surface area contributed by atoms with Gasteiger partial charge in [0.15, 0.2) is 11.5 Å². The lowest BCUT2D eigenvalue weighted by atomic mass is 10.1. The minimum atomic E-state index is -0.424. The van der Waals surface area contributed by atoms with Crippen LogP contribution in [0.3, 0.4) is 0 Å². The van der Waals surface area contributed by atoms with Crippen molar-refractivity contribution in [1.29, 1.82) is 0 Å². The molecule has 8 nitrogen and oxygen atoms in total. The quantitative estimate of drug-likeness (QED) is 0.506. The summed E-state index contributed by atoms with van der Waals surface area (Å²) in [7, 11) is 0. The first kappa shape index (κ1) is 19.3. The number of amides is 1. The van der Waals surface area contributed by atoms with E-state index >= 15 is 0 Å². The first-order chi connectivity index (χ1) is 15.2. The molecule has 1 fully saturated rings. The Morgan fingerprint density at radius 1 is 1.16 bits per heavy atom. The number of fused-ring (bicyclic) bond motifs is 1. The van der Waals surface area contributed by atoms with Crippen molar-refractivity contribution in [2.45, 2.75) is 12.5 Å². The van der Waals surface area contributed by atoms with E-state index in [0.29, 0.717) is 36.9 Å². The van der Waals surface area contributed by atoms with Crippen LogP contribution in [0.25, 0.3) is 16.8 Å². The number of nitrogens with zero attached hydrogens (tertiary/aromatic N) is 6. The lowest BCUT2D eigenvalue weighted by Crippen LogP contribution is -2.43. The molecule has 31 heavy (non-hydrogen) atoms. The van der Waals surface area contributed by atoms with Crippen LogP contribution in [-0.2, 0) is 16.0 Å². The van der Waals surface area contributed by atoms with Gasteiger partial charge in [0, 0.05) is 42.0 Å². The highest BCUT2D eigenvalue weighted by Crippen LogP contribution is 2.23. The van der Waals surface area contributed by atoms with E-state index in [-0.39, 0.29) is 12.3 Å². The molecule has 0 aliphatic carbocycles. The van der Waals surface area contributed by atoms with Crippen molar-refractivity contribution in [3.8, 4) is 11.1 Å². The Morgan fingerprint density at radius 3 is 2.90 bits per heavy atom. The number of ether oxygens (including phenoxy) is 1. The molecule has 1 amide bonds. The van der Waals surface area contributed by atoms with Crippen molar-refractivity contribution in [3.63, 3.8) is 0 Å². The Bertz CT molecular complexity index is 1210. The molecule has 1 aliphatic rings. The van der Waals surface area contributed by atoms with E-state index in [9.17, 15) is 9.18 Å². The van der Waals surface area contributed by atoms with Crippen LogP contribution in [0.1, 0.15) is 17.6 Å². The van der Waals surface area contributed by atoms with E-state index in [1.807, 2.05) is 30.5 Å². The van der Waals surface area contributed by atoms with E-state index in [0.717, 1.165) is 17.3 Å². The maximum atomic E-state index is 13.0. The van der Waals surface area contributed by atoms with Gasteiger partial charge in [0.1, 0.15) is 11.9 Å². The van der Waals surface area contributed by atoms with Gasteiger partial charge in [-0.3, -0.25) is 14.8 Å². The maximum absolute atomic E-state index is 13.0. The summed E-state index contributed by atoms with van der Waals surface area (Å²) in [4.78, 5) is 27.1. The zero-order valence-corrected chi connectivity index (χ0v) is 16.6.